The van der Waals surface area contributed by atoms with Crippen LogP contribution in [0.15, 0.2) is 10.3 Å². The Kier molecular flexibility index (Phi) is 4.78. The van der Waals surface area contributed by atoms with Crippen LogP contribution >= 0.6 is 11.3 Å². The molecule has 114 valence electrons. The molecule has 0 saturated carbocycles. The first-order chi connectivity index (χ1) is 8.99. The summed E-state index contributed by atoms with van der Waals surface area (Å²) in [5, 5.41) is 13.7. The van der Waals surface area contributed by atoms with Crippen molar-refractivity contribution in [2.75, 3.05) is 12.4 Å². The standard InChI is InChI=1S/C11H19N3O4S2/c1-7(11(2,3)4)13-20(17,18)9-6-8(14(15)16)10(12-5)19-9/h6-7,12-13H,1-5H3. The van der Waals surface area contributed by atoms with Crippen molar-refractivity contribution < 1.29 is 13.3 Å². The summed E-state index contributed by atoms with van der Waals surface area (Å²) in [5.41, 5.74) is -0.483. The first-order valence-corrected chi connectivity index (χ1v) is 8.27. The molecule has 0 aliphatic carbocycles. The Balaban J connectivity index is 3.14. The highest BCUT2D eigenvalue weighted by molar-refractivity contribution is 7.91. The van der Waals surface area contributed by atoms with E-state index in [0.717, 1.165) is 17.4 Å². The molecule has 1 rings (SSSR count). The first-order valence-electron chi connectivity index (χ1n) is 5.97. The van der Waals surface area contributed by atoms with Crippen LogP contribution in [-0.4, -0.2) is 26.4 Å². The molecule has 1 atom stereocenters. The molecule has 20 heavy (non-hydrogen) atoms. The van der Waals surface area contributed by atoms with E-state index in [4.69, 9.17) is 0 Å². The summed E-state index contributed by atoms with van der Waals surface area (Å²) in [6.07, 6.45) is 0. The maximum Gasteiger partial charge on any atom is 0.304 e. The molecule has 0 amide bonds. The van der Waals surface area contributed by atoms with Gasteiger partial charge in [0.1, 0.15) is 4.21 Å². The van der Waals surface area contributed by atoms with Crippen LogP contribution in [-0.2, 0) is 10.0 Å². The van der Waals surface area contributed by atoms with E-state index in [1.165, 1.54) is 7.05 Å². The fraction of sp³-hybridized carbons (Fsp3) is 0.636. The van der Waals surface area contributed by atoms with Gasteiger partial charge in [0, 0.05) is 19.2 Å². The van der Waals surface area contributed by atoms with Gasteiger partial charge in [-0.05, 0) is 12.3 Å². The van der Waals surface area contributed by atoms with Gasteiger partial charge in [0.2, 0.25) is 0 Å². The van der Waals surface area contributed by atoms with Crippen molar-refractivity contribution in [3.05, 3.63) is 16.2 Å². The summed E-state index contributed by atoms with van der Waals surface area (Å²) in [5.74, 6) is 0. The lowest BCUT2D eigenvalue weighted by Crippen LogP contribution is -2.41. The Morgan fingerprint density at radius 3 is 2.30 bits per heavy atom. The van der Waals surface area contributed by atoms with Crippen LogP contribution in [0.1, 0.15) is 27.7 Å². The van der Waals surface area contributed by atoms with Gasteiger partial charge in [0.05, 0.1) is 4.92 Å². The van der Waals surface area contributed by atoms with Crippen molar-refractivity contribution in [1.82, 2.24) is 4.72 Å². The summed E-state index contributed by atoms with van der Waals surface area (Å²) in [4.78, 5) is 10.3. The second-order valence-electron chi connectivity index (χ2n) is 5.50. The quantitative estimate of drug-likeness (QED) is 0.640. The van der Waals surface area contributed by atoms with Gasteiger partial charge in [-0.2, -0.15) is 0 Å². The normalized spacial score (nSPS) is 14.1. The summed E-state index contributed by atoms with van der Waals surface area (Å²) < 4.78 is 27.0. The third-order valence-corrected chi connectivity index (χ3v) is 6.17. The zero-order chi connectivity index (χ0) is 15.7. The maximum absolute atomic E-state index is 12.2. The lowest BCUT2D eigenvalue weighted by molar-refractivity contribution is -0.383. The van der Waals surface area contributed by atoms with Crippen LogP contribution in [0.25, 0.3) is 0 Å². The van der Waals surface area contributed by atoms with E-state index in [-0.39, 0.29) is 26.4 Å². The van der Waals surface area contributed by atoms with Gasteiger partial charge in [0.25, 0.3) is 10.0 Å². The van der Waals surface area contributed by atoms with Gasteiger partial charge in [0.15, 0.2) is 5.00 Å². The van der Waals surface area contributed by atoms with Crippen LogP contribution < -0.4 is 10.0 Å². The number of anilines is 1. The molecule has 0 aromatic carbocycles. The number of sulfonamides is 1. The molecule has 0 aliphatic heterocycles. The smallest absolute Gasteiger partial charge is 0.304 e. The highest BCUT2D eigenvalue weighted by atomic mass is 32.2. The maximum atomic E-state index is 12.2. The molecule has 2 N–H and O–H groups in total. The Hall–Kier alpha value is -1.19. The van der Waals surface area contributed by atoms with E-state index < -0.39 is 14.9 Å². The molecule has 1 aromatic heterocycles. The van der Waals surface area contributed by atoms with Crippen LogP contribution in [0, 0.1) is 15.5 Å². The topological polar surface area (TPSA) is 101 Å². The molecule has 0 fully saturated rings. The van der Waals surface area contributed by atoms with Crippen molar-refractivity contribution in [3.63, 3.8) is 0 Å². The number of thiophene rings is 1. The van der Waals surface area contributed by atoms with Crippen molar-refractivity contribution in [2.24, 2.45) is 5.41 Å². The van der Waals surface area contributed by atoms with Gasteiger partial charge < -0.3 is 5.32 Å². The van der Waals surface area contributed by atoms with Crippen molar-refractivity contribution in [2.45, 2.75) is 37.9 Å². The highest BCUT2D eigenvalue weighted by Gasteiger charge is 2.30. The molecule has 7 nitrogen and oxygen atoms in total. The van der Waals surface area contributed by atoms with Gasteiger partial charge >= 0.3 is 5.69 Å². The minimum absolute atomic E-state index is 0.0651. The summed E-state index contributed by atoms with van der Waals surface area (Å²) in [7, 11) is -2.25. The minimum Gasteiger partial charge on any atom is -0.374 e. The molecule has 9 heteroatoms. The SMILES string of the molecule is CNc1sc(S(=O)(=O)NC(C)C(C)(C)C)cc1[N+](=O)[O-]. The predicted octanol–water partition coefficient (Wildman–Crippen LogP) is 2.41. The van der Waals surface area contributed by atoms with Crippen LogP contribution in [0.5, 0.6) is 0 Å². The van der Waals surface area contributed by atoms with E-state index in [0.29, 0.717) is 0 Å². The number of nitrogens with zero attached hydrogens (tertiary/aromatic N) is 1. The highest BCUT2D eigenvalue weighted by Crippen LogP contribution is 2.36. The van der Waals surface area contributed by atoms with E-state index >= 15 is 0 Å². The summed E-state index contributed by atoms with van der Waals surface area (Å²) >= 11 is 0.844. The zero-order valence-corrected chi connectivity index (χ0v) is 13.7. The second kappa shape index (κ2) is 5.66. The Bertz CT molecular complexity index is 602. The molecule has 0 saturated heterocycles. The molecule has 0 spiro atoms. The summed E-state index contributed by atoms with van der Waals surface area (Å²) in [6.45, 7) is 7.50. The first kappa shape index (κ1) is 16.9. The fourth-order valence-electron chi connectivity index (χ4n) is 1.27. The predicted molar refractivity (Wildman–Crippen MR) is 79.8 cm³/mol. The largest absolute Gasteiger partial charge is 0.374 e. The van der Waals surface area contributed by atoms with Crippen LogP contribution in [0.2, 0.25) is 0 Å². The third kappa shape index (κ3) is 3.68. The second-order valence-corrected chi connectivity index (χ2v) is 8.49. The van der Waals surface area contributed by atoms with Crippen LogP contribution in [0.3, 0.4) is 0 Å². The van der Waals surface area contributed by atoms with Gasteiger partial charge in [-0.25, -0.2) is 13.1 Å². The van der Waals surface area contributed by atoms with E-state index in [2.05, 4.69) is 10.0 Å². The monoisotopic (exact) mass is 321 g/mol. The van der Waals surface area contributed by atoms with Gasteiger partial charge in [-0.15, -0.1) is 0 Å². The number of nitro groups is 1. The Morgan fingerprint density at radius 1 is 1.40 bits per heavy atom. The molecule has 1 aromatic rings. The average molecular weight is 321 g/mol. The van der Waals surface area contributed by atoms with Crippen molar-refractivity contribution >= 4 is 32.0 Å². The number of rotatable bonds is 5. The van der Waals surface area contributed by atoms with Crippen molar-refractivity contribution in [1.29, 1.82) is 0 Å². The molecule has 1 unspecified atom stereocenters. The molecule has 0 aliphatic rings. The molecule has 0 bridgehead atoms. The molecular weight excluding hydrogens is 302 g/mol. The summed E-state index contributed by atoms with van der Waals surface area (Å²) in [6, 6.07) is 0.778. The van der Waals surface area contributed by atoms with E-state index in [9.17, 15) is 18.5 Å². The lowest BCUT2D eigenvalue weighted by Gasteiger charge is -2.27. The van der Waals surface area contributed by atoms with Crippen molar-refractivity contribution in [3.8, 4) is 0 Å². The molecule has 1 heterocycles. The Morgan fingerprint density at radius 2 is 1.95 bits per heavy atom. The van der Waals surface area contributed by atoms with Gasteiger partial charge in [-0.1, -0.05) is 32.1 Å². The lowest BCUT2D eigenvalue weighted by atomic mass is 9.89. The number of nitrogens with one attached hydrogen (secondary N) is 2. The van der Waals surface area contributed by atoms with Gasteiger partial charge in [-0.3, -0.25) is 10.1 Å². The van der Waals surface area contributed by atoms with E-state index in [1.54, 1.807) is 6.92 Å². The van der Waals surface area contributed by atoms with Crippen LogP contribution in [0.4, 0.5) is 10.7 Å². The molecular formula is C11H19N3O4S2. The minimum atomic E-state index is -3.76. The Labute approximate surface area is 122 Å². The number of hydrogen-bond acceptors (Lipinski definition) is 6. The average Bonchev–Trinajstić information content (AvgIpc) is 2.71. The molecule has 0 radical (unpaired) electrons. The zero-order valence-electron chi connectivity index (χ0n) is 12.1. The van der Waals surface area contributed by atoms with E-state index in [1.807, 2.05) is 20.8 Å². The number of hydrogen-bond donors (Lipinski definition) is 2. The fourth-order valence-corrected chi connectivity index (χ4v) is 4.02. The third-order valence-electron chi connectivity index (χ3n) is 3.01.